The van der Waals surface area contributed by atoms with E-state index in [0.29, 0.717) is 17.0 Å². The number of benzene rings is 3. The van der Waals surface area contributed by atoms with Crippen LogP contribution in [0.2, 0.25) is 0 Å². The van der Waals surface area contributed by atoms with Gasteiger partial charge in [0.1, 0.15) is 10.8 Å². The number of amides is 1. The van der Waals surface area contributed by atoms with Crippen molar-refractivity contribution in [3.8, 4) is 27.6 Å². The maximum Gasteiger partial charge on any atom is 0.265 e. The Labute approximate surface area is 199 Å². The van der Waals surface area contributed by atoms with Crippen LogP contribution in [0.3, 0.4) is 0 Å². The second kappa shape index (κ2) is 8.28. The van der Waals surface area contributed by atoms with E-state index in [1.807, 2.05) is 78.2 Å². The molecule has 1 N–H and O–H groups in total. The topological polar surface area (TPSA) is 75.3 Å². The molecule has 0 atom stereocenters. The number of aromatic nitrogens is 2. The van der Waals surface area contributed by atoms with Crippen LogP contribution >= 0.6 is 11.3 Å². The summed E-state index contributed by atoms with van der Waals surface area (Å²) in [5.74, 6) is 0.193. The normalized spacial score (nSPS) is 13.1. The number of rotatable bonds is 5. The average molecular weight is 466 g/mol. The number of ether oxygens (including phenoxy) is 1. The van der Waals surface area contributed by atoms with Crippen molar-refractivity contribution in [1.82, 2.24) is 9.97 Å². The molecule has 6 nitrogen and oxygen atoms in total. The molecule has 34 heavy (non-hydrogen) atoms. The summed E-state index contributed by atoms with van der Waals surface area (Å²) < 4.78 is 5.65. The third kappa shape index (κ3) is 3.56. The lowest BCUT2D eigenvalue weighted by molar-refractivity contribution is -0.121. The first-order valence-electron chi connectivity index (χ1n) is 10.9. The fourth-order valence-electron chi connectivity index (χ4n) is 4.19. The van der Waals surface area contributed by atoms with Gasteiger partial charge in [-0.25, -0.2) is 4.98 Å². The second-order valence-corrected chi connectivity index (χ2v) is 8.88. The van der Waals surface area contributed by atoms with Crippen molar-refractivity contribution in [1.29, 1.82) is 0 Å². The summed E-state index contributed by atoms with van der Waals surface area (Å²) in [4.78, 5) is 35.4. The van der Waals surface area contributed by atoms with Crippen molar-refractivity contribution in [2.75, 3.05) is 18.1 Å². The molecule has 166 valence electrons. The molecular weight excluding hydrogens is 446 g/mol. The number of hydrogen-bond acceptors (Lipinski definition) is 5. The lowest BCUT2D eigenvalue weighted by Gasteiger charge is -2.29. The highest BCUT2D eigenvalue weighted by atomic mass is 32.1. The summed E-state index contributed by atoms with van der Waals surface area (Å²) >= 11 is 1.57. The zero-order chi connectivity index (χ0) is 23.1. The molecule has 3 aromatic carbocycles. The molecule has 1 aliphatic heterocycles. The summed E-state index contributed by atoms with van der Waals surface area (Å²) in [6.07, 6.45) is 1.70. The third-order valence-corrected chi connectivity index (χ3v) is 6.81. The number of para-hydroxylation sites is 1. The number of ketones is 1. The van der Waals surface area contributed by atoms with Crippen LogP contribution in [0, 0.1) is 0 Å². The third-order valence-electron chi connectivity index (χ3n) is 5.91. The molecule has 1 aliphatic rings. The predicted octanol–water partition coefficient (Wildman–Crippen LogP) is 5.57. The number of anilines is 1. The largest absolute Gasteiger partial charge is 0.482 e. The maximum absolute atomic E-state index is 13.2. The number of Topliss-reactive ketones (excluding diaryl/α,β-unsaturated/α-hetero) is 1. The van der Waals surface area contributed by atoms with Gasteiger partial charge in [0.15, 0.2) is 12.4 Å². The smallest absolute Gasteiger partial charge is 0.265 e. The van der Waals surface area contributed by atoms with Gasteiger partial charge < -0.3 is 9.72 Å². The van der Waals surface area contributed by atoms with Crippen LogP contribution in [0.5, 0.6) is 5.75 Å². The molecule has 0 saturated carbocycles. The molecule has 1 amide bonds. The minimum atomic E-state index is -0.249. The summed E-state index contributed by atoms with van der Waals surface area (Å²) in [6, 6.07) is 23.3. The highest BCUT2D eigenvalue weighted by molar-refractivity contribution is 7.13. The number of nitrogens with zero attached hydrogens (tertiary/aromatic N) is 2. The van der Waals surface area contributed by atoms with E-state index in [2.05, 4.69) is 4.98 Å². The Balaban J connectivity index is 1.33. The van der Waals surface area contributed by atoms with Crippen LogP contribution in [0.15, 0.2) is 84.4 Å². The van der Waals surface area contributed by atoms with E-state index in [1.54, 1.807) is 17.5 Å². The number of aromatic amines is 1. The Bertz CT molecular complexity index is 1540. The molecule has 7 heteroatoms. The van der Waals surface area contributed by atoms with Crippen molar-refractivity contribution in [2.45, 2.75) is 0 Å². The van der Waals surface area contributed by atoms with E-state index in [4.69, 9.17) is 9.72 Å². The van der Waals surface area contributed by atoms with Gasteiger partial charge in [-0.15, -0.1) is 11.3 Å². The van der Waals surface area contributed by atoms with Crippen LogP contribution in [-0.2, 0) is 4.79 Å². The fraction of sp³-hybridized carbons (Fsp3) is 0.0741. The van der Waals surface area contributed by atoms with Crippen molar-refractivity contribution in [2.24, 2.45) is 0 Å². The van der Waals surface area contributed by atoms with E-state index in [0.717, 1.165) is 32.7 Å². The average Bonchev–Trinajstić information content (AvgIpc) is 3.54. The zero-order valence-electron chi connectivity index (χ0n) is 18.0. The molecule has 0 radical (unpaired) electrons. The number of carbonyl (C=O) groups is 2. The molecule has 0 aliphatic carbocycles. The molecule has 0 fully saturated rings. The van der Waals surface area contributed by atoms with Crippen LogP contribution in [0.25, 0.3) is 32.7 Å². The summed E-state index contributed by atoms with van der Waals surface area (Å²) in [6.45, 7) is -0.158. The van der Waals surface area contributed by atoms with E-state index < -0.39 is 0 Å². The molecule has 0 unspecified atom stereocenters. The predicted molar refractivity (Wildman–Crippen MR) is 133 cm³/mol. The van der Waals surface area contributed by atoms with Crippen molar-refractivity contribution in [3.05, 3.63) is 89.9 Å². The molecule has 0 saturated heterocycles. The van der Waals surface area contributed by atoms with Gasteiger partial charge in [-0.05, 0) is 24.3 Å². The Morgan fingerprint density at radius 2 is 1.85 bits per heavy atom. The number of fused-ring (bicyclic) bond motifs is 2. The van der Waals surface area contributed by atoms with Crippen LogP contribution < -0.4 is 9.64 Å². The Kier molecular flexibility index (Phi) is 4.96. The van der Waals surface area contributed by atoms with Gasteiger partial charge >= 0.3 is 0 Å². The molecule has 0 spiro atoms. The van der Waals surface area contributed by atoms with E-state index >= 15 is 0 Å². The van der Waals surface area contributed by atoms with Gasteiger partial charge in [0.25, 0.3) is 5.91 Å². The summed E-state index contributed by atoms with van der Waals surface area (Å²) in [5, 5.41) is 3.77. The molecule has 6 rings (SSSR count). The minimum Gasteiger partial charge on any atom is -0.482 e. The number of hydrogen-bond donors (Lipinski definition) is 1. The Hall–Kier alpha value is -4.23. The maximum atomic E-state index is 13.2. The van der Waals surface area contributed by atoms with Crippen molar-refractivity contribution >= 4 is 39.6 Å². The van der Waals surface area contributed by atoms with Crippen LogP contribution in [-0.4, -0.2) is 34.8 Å². The molecule has 2 aromatic heterocycles. The first-order valence-corrected chi connectivity index (χ1v) is 11.7. The summed E-state index contributed by atoms with van der Waals surface area (Å²) in [7, 11) is 0. The lowest BCUT2D eigenvalue weighted by Crippen LogP contribution is -2.42. The standard InChI is InChI=1S/C27H19N3O3S/c31-24(20-13-28-21-9-5-4-8-19(20)21)14-30-23-12-18(10-11-25(23)33-15-26(30)32)22-16-34-27(29-22)17-6-2-1-3-7-17/h1-13,16,28H,14-15H2. The number of thiazole rings is 1. The highest BCUT2D eigenvalue weighted by Gasteiger charge is 2.29. The monoisotopic (exact) mass is 465 g/mol. The van der Waals surface area contributed by atoms with Gasteiger partial charge in [-0.2, -0.15) is 0 Å². The van der Waals surface area contributed by atoms with Crippen molar-refractivity contribution in [3.63, 3.8) is 0 Å². The van der Waals surface area contributed by atoms with Gasteiger partial charge in [0.05, 0.1) is 17.9 Å². The quantitative estimate of drug-likeness (QED) is 0.345. The van der Waals surface area contributed by atoms with Gasteiger partial charge in [0, 0.05) is 39.2 Å². The Morgan fingerprint density at radius 1 is 1.03 bits per heavy atom. The SMILES string of the molecule is O=C(CN1C(=O)COc2ccc(-c3csc(-c4ccccc4)n3)cc21)c1c[nH]c2ccccc12. The number of carbonyl (C=O) groups excluding carboxylic acids is 2. The van der Waals surface area contributed by atoms with Gasteiger partial charge in [-0.1, -0.05) is 48.5 Å². The van der Waals surface area contributed by atoms with E-state index in [-0.39, 0.29) is 24.8 Å². The highest BCUT2D eigenvalue weighted by Crippen LogP contribution is 2.37. The molecule has 0 bridgehead atoms. The molecule has 5 aromatic rings. The van der Waals surface area contributed by atoms with Gasteiger partial charge in [0.2, 0.25) is 0 Å². The van der Waals surface area contributed by atoms with Gasteiger partial charge in [-0.3, -0.25) is 14.5 Å². The van der Waals surface area contributed by atoms with Crippen LogP contribution in [0.1, 0.15) is 10.4 Å². The fourth-order valence-corrected chi connectivity index (χ4v) is 5.02. The second-order valence-electron chi connectivity index (χ2n) is 8.03. The molecular formula is C27H19N3O3S. The van der Waals surface area contributed by atoms with E-state index in [9.17, 15) is 9.59 Å². The first-order chi connectivity index (χ1) is 16.7. The number of H-pyrrole nitrogens is 1. The zero-order valence-corrected chi connectivity index (χ0v) is 18.8. The Morgan fingerprint density at radius 3 is 2.74 bits per heavy atom. The molecule has 3 heterocycles. The van der Waals surface area contributed by atoms with Crippen LogP contribution in [0.4, 0.5) is 5.69 Å². The minimum absolute atomic E-state index is 0.0627. The summed E-state index contributed by atoms with van der Waals surface area (Å²) in [5.41, 5.74) is 4.77. The van der Waals surface area contributed by atoms with E-state index in [1.165, 1.54) is 4.90 Å². The number of nitrogens with one attached hydrogen (secondary N) is 1. The lowest BCUT2D eigenvalue weighted by atomic mass is 10.1. The van der Waals surface area contributed by atoms with Crippen molar-refractivity contribution < 1.29 is 14.3 Å². The first kappa shape index (κ1) is 20.4.